The fraction of sp³-hybridized carbons (Fsp3) is 0.667. The molecule has 0 aliphatic carbocycles. The van der Waals surface area contributed by atoms with Crippen molar-refractivity contribution in [1.29, 1.82) is 0 Å². The van der Waals surface area contributed by atoms with Gasteiger partial charge in [-0.1, -0.05) is 6.79 Å². The van der Waals surface area contributed by atoms with Gasteiger partial charge in [0.2, 0.25) is 0 Å². The largest absolute Gasteiger partial charge is 0.505 e. The molecule has 1 heterocycles. The van der Waals surface area contributed by atoms with Crippen LogP contribution in [-0.2, 0) is 35.3 Å². The van der Waals surface area contributed by atoms with E-state index in [-0.39, 0.29) is 21.1 Å². The molecule has 0 unspecified atom stereocenters. The van der Waals surface area contributed by atoms with E-state index in [1.54, 1.807) is 0 Å². The Labute approximate surface area is 56.2 Å². The van der Waals surface area contributed by atoms with Gasteiger partial charge in [-0.15, -0.1) is 0 Å². The topological polar surface area (TPSA) is 27.7 Å². The summed E-state index contributed by atoms with van der Waals surface area (Å²) in [7, 11) is 0. The molecule has 1 aliphatic rings. The molecule has 3 nitrogen and oxygen atoms in total. The summed E-state index contributed by atoms with van der Waals surface area (Å²) in [5.74, 6) is 0. The Kier molecular flexibility index (Phi) is 5.10. The average Bonchev–Trinajstić information content (AvgIpc) is 1.72. The van der Waals surface area contributed by atoms with Crippen molar-refractivity contribution in [3.05, 3.63) is 6.79 Å². The molecule has 0 saturated carbocycles. The van der Waals surface area contributed by atoms with Crippen molar-refractivity contribution >= 4 is 0 Å². The van der Waals surface area contributed by atoms with Crippen LogP contribution in [0.25, 0.3) is 0 Å². The van der Waals surface area contributed by atoms with Gasteiger partial charge in [0, 0.05) is 21.1 Å². The van der Waals surface area contributed by atoms with Gasteiger partial charge in [0.15, 0.2) is 0 Å². The van der Waals surface area contributed by atoms with E-state index in [9.17, 15) is 0 Å². The summed E-state index contributed by atoms with van der Waals surface area (Å²) in [4.78, 5) is 0. The summed E-state index contributed by atoms with van der Waals surface area (Å²) in [6.07, 6.45) is 0. The molecule has 0 aromatic carbocycles. The predicted molar refractivity (Wildman–Crippen MR) is 17.3 cm³/mol. The standard InChI is InChI=1S/C3H5O3.Mo/c1-4-2-6-3-5-1;/h1H,2-3H2;/q-1;. The first-order chi connectivity index (χ1) is 3.00. The molecule has 0 radical (unpaired) electrons. The van der Waals surface area contributed by atoms with Gasteiger partial charge in [0.1, 0.15) is 13.6 Å². The van der Waals surface area contributed by atoms with Crippen LogP contribution >= 0.6 is 0 Å². The first kappa shape index (κ1) is 7.57. The van der Waals surface area contributed by atoms with Crippen molar-refractivity contribution in [3.8, 4) is 0 Å². The van der Waals surface area contributed by atoms with Crippen LogP contribution in [0.4, 0.5) is 0 Å². The maximum atomic E-state index is 4.59. The molecule has 0 amide bonds. The van der Waals surface area contributed by atoms with Gasteiger partial charge >= 0.3 is 0 Å². The molecule has 1 rings (SSSR count). The molecule has 0 aromatic heterocycles. The van der Waals surface area contributed by atoms with E-state index >= 15 is 0 Å². The Morgan fingerprint density at radius 1 is 1.14 bits per heavy atom. The molecule has 42 valence electrons. The summed E-state index contributed by atoms with van der Waals surface area (Å²) in [5.41, 5.74) is 0. The molecule has 0 aromatic rings. The maximum Gasteiger partial charge on any atom is 0.121 e. The zero-order valence-corrected chi connectivity index (χ0v) is 5.63. The Bertz CT molecular complexity index is 25.7. The third-order valence-corrected chi connectivity index (χ3v) is 0.439. The number of ether oxygens (including phenoxy) is 3. The van der Waals surface area contributed by atoms with E-state index in [2.05, 4.69) is 14.2 Å². The van der Waals surface area contributed by atoms with Gasteiger partial charge in [0.05, 0.1) is 0 Å². The Morgan fingerprint density at radius 2 is 1.71 bits per heavy atom. The second-order valence-electron chi connectivity index (χ2n) is 0.869. The molecule has 0 spiro atoms. The minimum atomic E-state index is 0. The fourth-order valence-electron chi connectivity index (χ4n) is 0.234. The third kappa shape index (κ3) is 3.18. The quantitative estimate of drug-likeness (QED) is 0.395. The van der Waals surface area contributed by atoms with Crippen LogP contribution < -0.4 is 0 Å². The van der Waals surface area contributed by atoms with Crippen LogP contribution in [0.15, 0.2) is 0 Å². The van der Waals surface area contributed by atoms with E-state index in [0.717, 1.165) is 0 Å². The first-order valence-corrected chi connectivity index (χ1v) is 1.63. The van der Waals surface area contributed by atoms with Crippen LogP contribution in [0.3, 0.4) is 0 Å². The molecule has 1 saturated heterocycles. The van der Waals surface area contributed by atoms with Crippen molar-refractivity contribution in [2.45, 2.75) is 0 Å². The van der Waals surface area contributed by atoms with Crippen LogP contribution in [-0.4, -0.2) is 13.6 Å². The molecule has 4 heteroatoms. The van der Waals surface area contributed by atoms with Gasteiger partial charge < -0.3 is 14.2 Å². The second-order valence-corrected chi connectivity index (χ2v) is 0.869. The Hall–Kier alpha value is 0.568. The van der Waals surface area contributed by atoms with E-state index in [1.807, 2.05) is 0 Å². The summed E-state index contributed by atoms with van der Waals surface area (Å²) in [5, 5.41) is 0. The number of hydrogen-bond donors (Lipinski definition) is 0. The minimum absolute atomic E-state index is 0. The van der Waals surface area contributed by atoms with E-state index < -0.39 is 0 Å². The SMILES string of the molecule is [CH-]1OCOCO1.[Mo]. The van der Waals surface area contributed by atoms with Gasteiger partial charge in [-0.05, 0) is 0 Å². The molecule has 1 aliphatic heterocycles. The minimum Gasteiger partial charge on any atom is -0.505 e. The average molecular weight is 185 g/mol. The second kappa shape index (κ2) is 4.72. The zero-order valence-electron chi connectivity index (χ0n) is 3.62. The van der Waals surface area contributed by atoms with Gasteiger partial charge in [-0.25, -0.2) is 0 Å². The van der Waals surface area contributed by atoms with Crippen LogP contribution in [0.1, 0.15) is 0 Å². The third-order valence-electron chi connectivity index (χ3n) is 0.439. The molecular formula is C3H5MoO3-. The van der Waals surface area contributed by atoms with Crippen molar-refractivity contribution in [2.24, 2.45) is 0 Å². The summed E-state index contributed by atoms with van der Waals surface area (Å²) < 4.78 is 13.6. The predicted octanol–water partition coefficient (Wildman–Crippen LogP) is 0.0816. The van der Waals surface area contributed by atoms with Gasteiger partial charge in [-0.3, -0.25) is 0 Å². The molecule has 0 N–H and O–H groups in total. The van der Waals surface area contributed by atoms with Crippen molar-refractivity contribution in [3.63, 3.8) is 0 Å². The molecule has 7 heavy (non-hydrogen) atoms. The molecule has 0 atom stereocenters. The van der Waals surface area contributed by atoms with Crippen molar-refractivity contribution in [1.82, 2.24) is 0 Å². The molecular weight excluding hydrogens is 180 g/mol. The number of hydrogen-bond acceptors (Lipinski definition) is 3. The summed E-state index contributed by atoms with van der Waals surface area (Å²) in [6, 6.07) is 0. The monoisotopic (exact) mass is 187 g/mol. The summed E-state index contributed by atoms with van der Waals surface area (Å²) in [6.45, 7) is 1.91. The van der Waals surface area contributed by atoms with Crippen LogP contribution in [0, 0.1) is 6.79 Å². The van der Waals surface area contributed by atoms with Crippen molar-refractivity contribution in [2.75, 3.05) is 13.6 Å². The van der Waals surface area contributed by atoms with Crippen molar-refractivity contribution < 1.29 is 35.3 Å². The van der Waals surface area contributed by atoms with E-state index in [1.165, 1.54) is 6.79 Å². The first-order valence-electron chi connectivity index (χ1n) is 1.63. The summed E-state index contributed by atoms with van der Waals surface area (Å²) >= 11 is 0. The maximum absolute atomic E-state index is 4.59. The molecule has 1 fully saturated rings. The Balaban J connectivity index is 0.000000360. The number of rotatable bonds is 0. The smallest absolute Gasteiger partial charge is 0.121 e. The Morgan fingerprint density at radius 3 is 1.86 bits per heavy atom. The molecule has 0 bridgehead atoms. The van der Waals surface area contributed by atoms with Crippen LogP contribution in [0.5, 0.6) is 0 Å². The van der Waals surface area contributed by atoms with E-state index in [4.69, 9.17) is 0 Å². The zero-order chi connectivity index (χ0) is 4.24. The normalized spacial score (nSPS) is 20.6. The van der Waals surface area contributed by atoms with Gasteiger partial charge in [0.25, 0.3) is 0 Å². The van der Waals surface area contributed by atoms with E-state index in [0.29, 0.717) is 13.6 Å². The van der Waals surface area contributed by atoms with Gasteiger partial charge in [-0.2, -0.15) is 0 Å². The van der Waals surface area contributed by atoms with Crippen LogP contribution in [0.2, 0.25) is 0 Å². The fourth-order valence-corrected chi connectivity index (χ4v) is 0.234.